The summed E-state index contributed by atoms with van der Waals surface area (Å²) < 4.78 is 2.32. The second-order valence-electron chi connectivity index (χ2n) is 4.93. The standard InChI is InChI=1S/C12H22N4/c1-4-13-8-10(3)12-15-14-11-7-9(2)5-6-16(11)12/h9-10,13H,4-8H2,1-3H3. The van der Waals surface area contributed by atoms with Crippen molar-refractivity contribution >= 4 is 0 Å². The summed E-state index contributed by atoms with van der Waals surface area (Å²) in [6.07, 6.45) is 2.34. The van der Waals surface area contributed by atoms with Crippen LogP contribution in [0.25, 0.3) is 0 Å². The van der Waals surface area contributed by atoms with Crippen molar-refractivity contribution < 1.29 is 0 Å². The third-order valence-corrected chi connectivity index (χ3v) is 3.37. The summed E-state index contributed by atoms with van der Waals surface area (Å²) in [5, 5.41) is 12.1. The maximum atomic E-state index is 4.36. The Labute approximate surface area is 97.5 Å². The lowest BCUT2D eigenvalue weighted by Crippen LogP contribution is -2.24. The molecule has 2 heterocycles. The van der Waals surface area contributed by atoms with E-state index in [0.29, 0.717) is 5.92 Å². The summed E-state index contributed by atoms with van der Waals surface area (Å²) >= 11 is 0. The molecule has 0 saturated heterocycles. The second kappa shape index (κ2) is 4.95. The monoisotopic (exact) mass is 222 g/mol. The van der Waals surface area contributed by atoms with E-state index in [0.717, 1.165) is 37.8 Å². The summed E-state index contributed by atoms with van der Waals surface area (Å²) in [6.45, 7) is 9.74. The van der Waals surface area contributed by atoms with Crippen molar-refractivity contribution in [3.63, 3.8) is 0 Å². The van der Waals surface area contributed by atoms with Gasteiger partial charge in [0.25, 0.3) is 0 Å². The molecule has 0 bridgehead atoms. The molecule has 1 aliphatic rings. The van der Waals surface area contributed by atoms with E-state index in [1.807, 2.05) is 0 Å². The van der Waals surface area contributed by atoms with E-state index in [-0.39, 0.29) is 0 Å². The van der Waals surface area contributed by atoms with Crippen LogP contribution in [0, 0.1) is 5.92 Å². The highest BCUT2D eigenvalue weighted by Crippen LogP contribution is 2.22. The minimum Gasteiger partial charge on any atom is -0.316 e. The van der Waals surface area contributed by atoms with Crippen LogP contribution in [-0.2, 0) is 13.0 Å². The summed E-state index contributed by atoms with van der Waals surface area (Å²) in [5.74, 6) is 3.54. The maximum absolute atomic E-state index is 4.36. The highest BCUT2D eigenvalue weighted by molar-refractivity contribution is 5.04. The van der Waals surface area contributed by atoms with E-state index in [9.17, 15) is 0 Å². The molecule has 0 saturated carbocycles. The molecule has 0 aromatic carbocycles. The molecular formula is C12H22N4. The Hall–Kier alpha value is -0.900. The normalized spacial score (nSPS) is 21.8. The molecule has 0 fully saturated rings. The number of hydrogen-bond donors (Lipinski definition) is 1. The van der Waals surface area contributed by atoms with Crippen LogP contribution in [0.3, 0.4) is 0 Å². The van der Waals surface area contributed by atoms with Crippen molar-refractivity contribution in [1.82, 2.24) is 20.1 Å². The number of fused-ring (bicyclic) bond motifs is 1. The molecule has 1 aromatic rings. The van der Waals surface area contributed by atoms with Crippen LogP contribution in [0.1, 0.15) is 44.8 Å². The minimum atomic E-state index is 0.453. The zero-order valence-electron chi connectivity index (χ0n) is 10.5. The van der Waals surface area contributed by atoms with Crippen molar-refractivity contribution in [3.05, 3.63) is 11.6 Å². The molecule has 0 radical (unpaired) electrons. The van der Waals surface area contributed by atoms with Crippen molar-refractivity contribution in [1.29, 1.82) is 0 Å². The van der Waals surface area contributed by atoms with E-state index in [1.54, 1.807) is 0 Å². The largest absolute Gasteiger partial charge is 0.316 e. The Morgan fingerprint density at radius 2 is 2.31 bits per heavy atom. The second-order valence-corrected chi connectivity index (χ2v) is 4.93. The molecule has 1 aliphatic heterocycles. The minimum absolute atomic E-state index is 0.453. The van der Waals surface area contributed by atoms with Gasteiger partial charge < -0.3 is 9.88 Å². The lowest BCUT2D eigenvalue weighted by Gasteiger charge is -2.22. The van der Waals surface area contributed by atoms with Gasteiger partial charge in [0.2, 0.25) is 0 Å². The third kappa shape index (κ3) is 2.26. The fourth-order valence-corrected chi connectivity index (χ4v) is 2.32. The van der Waals surface area contributed by atoms with Crippen LogP contribution in [-0.4, -0.2) is 27.9 Å². The molecule has 0 spiro atoms. The predicted octanol–water partition coefficient (Wildman–Crippen LogP) is 1.57. The van der Waals surface area contributed by atoms with Gasteiger partial charge in [-0.2, -0.15) is 0 Å². The van der Waals surface area contributed by atoms with Crippen LogP contribution in [0.5, 0.6) is 0 Å². The van der Waals surface area contributed by atoms with Crippen LogP contribution in [0.2, 0.25) is 0 Å². The summed E-state index contributed by atoms with van der Waals surface area (Å²) in [4.78, 5) is 0. The summed E-state index contributed by atoms with van der Waals surface area (Å²) in [6, 6.07) is 0. The van der Waals surface area contributed by atoms with Gasteiger partial charge in [0.1, 0.15) is 11.6 Å². The molecule has 0 amide bonds. The highest BCUT2D eigenvalue weighted by atomic mass is 15.3. The molecule has 16 heavy (non-hydrogen) atoms. The molecule has 0 aliphatic carbocycles. The van der Waals surface area contributed by atoms with Gasteiger partial charge in [-0.25, -0.2) is 0 Å². The van der Waals surface area contributed by atoms with Gasteiger partial charge in [0.15, 0.2) is 0 Å². The van der Waals surface area contributed by atoms with Crippen LogP contribution < -0.4 is 5.32 Å². The first-order valence-corrected chi connectivity index (χ1v) is 6.35. The van der Waals surface area contributed by atoms with E-state index in [2.05, 4.69) is 40.9 Å². The number of nitrogens with zero attached hydrogens (tertiary/aromatic N) is 3. The van der Waals surface area contributed by atoms with Gasteiger partial charge in [-0.3, -0.25) is 0 Å². The quantitative estimate of drug-likeness (QED) is 0.841. The Kier molecular flexibility index (Phi) is 3.59. The van der Waals surface area contributed by atoms with Crippen LogP contribution >= 0.6 is 0 Å². The Balaban J connectivity index is 2.11. The molecule has 90 valence electrons. The first-order valence-electron chi connectivity index (χ1n) is 6.35. The number of aromatic nitrogens is 3. The molecule has 2 atom stereocenters. The zero-order chi connectivity index (χ0) is 11.5. The fraction of sp³-hybridized carbons (Fsp3) is 0.833. The van der Waals surface area contributed by atoms with Crippen molar-refractivity contribution in [2.45, 2.75) is 46.1 Å². The number of likely N-dealkylation sites (N-methyl/N-ethyl adjacent to an activating group) is 1. The van der Waals surface area contributed by atoms with Crippen LogP contribution in [0.15, 0.2) is 0 Å². The Morgan fingerprint density at radius 1 is 1.50 bits per heavy atom. The smallest absolute Gasteiger partial charge is 0.137 e. The Morgan fingerprint density at radius 3 is 3.06 bits per heavy atom. The lowest BCUT2D eigenvalue weighted by molar-refractivity contribution is 0.397. The molecule has 1 N–H and O–H groups in total. The summed E-state index contributed by atoms with van der Waals surface area (Å²) in [5.41, 5.74) is 0. The van der Waals surface area contributed by atoms with Gasteiger partial charge >= 0.3 is 0 Å². The zero-order valence-corrected chi connectivity index (χ0v) is 10.5. The van der Waals surface area contributed by atoms with Crippen molar-refractivity contribution in [3.8, 4) is 0 Å². The highest BCUT2D eigenvalue weighted by Gasteiger charge is 2.22. The molecule has 4 heteroatoms. The van der Waals surface area contributed by atoms with Gasteiger partial charge in [-0.1, -0.05) is 20.8 Å². The average Bonchev–Trinajstić information content (AvgIpc) is 2.68. The third-order valence-electron chi connectivity index (χ3n) is 3.37. The van der Waals surface area contributed by atoms with Crippen molar-refractivity contribution in [2.75, 3.05) is 13.1 Å². The van der Waals surface area contributed by atoms with E-state index >= 15 is 0 Å². The van der Waals surface area contributed by atoms with Crippen molar-refractivity contribution in [2.24, 2.45) is 5.92 Å². The number of rotatable bonds is 4. The van der Waals surface area contributed by atoms with E-state index in [1.165, 1.54) is 12.2 Å². The maximum Gasteiger partial charge on any atom is 0.137 e. The van der Waals surface area contributed by atoms with Gasteiger partial charge in [-0.15, -0.1) is 10.2 Å². The molecular weight excluding hydrogens is 200 g/mol. The van der Waals surface area contributed by atoms with E-state index in [4.69, 9.17) is 0 Å². The Bertz CT molecular complexity index is 345. The van der Waals surface area contributed by atoms with Gasteiger partial charge in [0.05, 0.1) is 0 Å². The van der Waals surface area contributed by atoms with Gasteiger partial charge in [0, 0.05) is 25.4 Å². The topological polar surface area (TPSA) is 42.7 Å². The number of hydrogen-bond acceptors (Lipinski definition) is 3. The van der Waals surface area contributed by atoms with E-state index < -0.39 is 0 Å². The summed E-state index contributed by atoms with van der Waals surface area (Å²) in [7, 11) is 0. The molecule has 2 unspecified atom stereocenters. The first kappa shape index (κ1) is 11.6. The first-order chi connectivity index (χ1) is 7.72. The fourth-order valence-electron chi connectivity index (χ4n) is 2.32. The molecule has 2 rings (SSSR count). The van der Waals surface area contributed by atoms with Crippen LogP contribution in [0.4, 0.5) is 0 Å². The lowest BCUT2D eigenvalue weighted by atomic mass is 10.00. The molecule has 4 nitrogen and oxygen atoms in total. The number of nitrogens with one attached hydrogen (secondary N) is 1. The van der Waals surface area contributed by atoms with Gasteiger partial charge in [-0.05, 0) is 18.9 Å². The predicted molar refractivity (Wildman–Crippen MR) is 64.5 cm³/mol. The molecule has 1 aromatic heterocycles. The average molecular weight is 222 g/mol. The SMILES string of the molecule is CCNCC(C)c1nnc2n1CCC(C)C2.